The maximum absolute atomic E-state index is 11.7. The van der Waals surface area contributed by atoms with Gasteiger partial charge in [0.2, 0.25) is 0 Å². The van der Waals surface area contributed by atoms with Crippen LogP contribution < -0.4 is 5.32 Å². The van der Waals surface area contributed by atoms with Crippen molar-refractivity contribution in [3.63, 3.8) is 0 Å². The molecule has 6 nitrogen and oxygen atoms in total. The molecular weight excluding hydrogens is 346 g/mol. The Morgan fingerprint density at radius 1 is 1.00 bits per heavy atom. The van der Waals surface area contributed by atoms with Crippen LogP contribution in [-0.2, 0) is 27.5 Å². The van der Waals surface area contributed by atoms with E-state index in [1.54, 1.807) is 0 Å². The van der Waals surface area contributed by atoms with E-state index in [1.807, 2.05) is 60.7 Å². The van der Waals surface area contributed by atoms with E-state index in [0.717, 1.165) is 11.1 Å². The van der Waals surface area contributed by atoms with E-state index in [9.17, 15) is 14.7 Å². The van der Waals surface area contributed by atoms with Crippen molar-refractivity contribution in [2.24, 2.45) is 5.92 Å². The van der Waals surface area contributed by atoms with Crippen LogP contribution in [0.3, 0.4) is 0 Å². The van der Waals surface area contributed by atoms with Crippen LogP contribution in [0, 0.1) is 5.92 Å². The molecule has 0 unspecified atom stereocenters. The van der Waals surface area contributed by atoms with Gasteiger partial charge in [-0.2, -0.15) is 0 Å². The van der Waals surface area contributed by atoms with E-state index >= 15 is 0 Å². The van der Waals surface area contributed by atoms with Crippen LogP contribution in [0.25, 0.3) is 0 Å². The zero-order valence-electron chi connectivity index (χ0n) is 15.1. The number of aldehydes is 1. The minimum atomic E-state index is -0.993. The Balaban J connectivity index is 1.62. The van der Waals surface area contributed by atoms with Gasteiger partial charge in [-0.15, -0.1) is 0 Å². The fourth-order valence-electron chi connectivity index (χ4n) is 2.45. The molecule has 0 heterocycles. The highest BCUT2D eigenvalue weighted by atomic mass is 16.5. The number of amides is 1. The lowest BCUT2D eigenvalue weighted by atomic mass is 10.0. The van der Waals surface area contributed by atoms with Gasteiger partial charge in [-0.1, -0.05) is 60.7 Å². The molecule has 1 amide bonds. The molecule has 0 aliphatic heterocycles. The topological polar surface area (TPSA) is 84.9 Å². The highest BCUT2D eigenvalue weighted by molar-refractivity contribution is 5.67. The number of rotatable bonds is 11. The SMILES string of the molecule is O=C[C@@H](CCOCc1ccccc1)[C@@H](O)CNC(=O)OCc1ccccc1. The molecule has 6 heteroatoms. The summed E-state index contributed by atoms with van der Waals surface area (Å²) in [6.45, 7) is 0.878. The number of carbonyl (C=O) groups excluding carboxylic acids is 2. The third kappa shape index (κ3) is 8.02. The molecule has 0 aliphatic rings. The highest BCUT2D eigenvalue weighted by Gasteiger charge is 2.19. The summed E-state index contributed by atoms with van der Waals surface area (Å²) in [6.07, 6.45) is -0.568. The van der Waals surface area contributed by atoms with Crippen LogP contribution in [0.2, 0.25) is 0 Å². The molecule has 0 saturated heterocycles. The number of hydrogen-bond donors (Lipinski definition) is 2. The smallest absolute Gasteiger partial charge is 0.407 e. The molecule has 144 valence electrons. The molecular formula is C21H25NO5. The Labute approximate surface area is 159 Å². The third-order valence-corrected chi connectivity index (χ3v) is 4.04. The van der Waals surface area contributed by atoms with Gasteiger partial charge in [-0.3, -0.25) is 0 Å². The summed E-state index contributed by atoms with van der Waals surface area (Å²) in [5.41, 5.74) is 1.91. The Bertz CT molecular complexity index is 677. The Morgan fingerprint density at radius 2 is 1.59 bits per heavy atom. The number of alkyl carbamates (subject to hydrolysis) is 1. The summed E-state index contributed by atoms with van der Waals surface area (Å²) in [7, 11) is 0. The zero-order chi connectivity index (χ0) is 19.3. The van der Waals surface area contributed by atoms with Crippen molar-refractivity contribution in [1.82, 2.24) is 5.32 Å². The van der Waals surface area contributed by atoms with Crippen molar-refractivity contribution < 1.29 is 24.2 Å². The first-order valence-corrected chi connectivity index (χ1v) is 8.88. The minimum absolute atomic E-state index is 0.0598. The molecule has 2 atom stereocenters. The second-order valence-corrected chi connectivity index (χ2v) is 6.14. The first kappa shape index (κ1) is 20.6. The third-order valence-electron chi connectivity index (χ3n) is 4.04. The van der Waals surface area contributed by atoms with Crippen LogP contribution >= 0.6 is 0 Å². The molecule has 2 aromatic carbocycles. The lowest BCUT2D eigenvalue weighted by molar-refractivity contribution is -0.115. The van der Waals surface area contributed by atoms with Gasteiger partial charge < -0.3 is 24.7 Å². The van der Waals surface area contributed by atoms with Crippen molar-refractivity contribution in [2.45, 2.75) is 25.7 Å². The predicted molar refractivity (Wildman–Crippen MR) is 101 cm³/mol. The molecule has 2 rings (SSSR count). The molecule has 27 heavy (non-hydrogen) atoms. The summed E-state index contributed by atoms with van der Waals surface area (Å²) in [5, 5.41) is 12.6. The molecule has 0 spiro atoms. The van der Waals surface area contributed by atoms with Crippen LogP contribution in [0.5, 0.6) is 0 Å². The van der Waals surface area contributed by atoms with Crippen LogP contribution in [-0.4, -0.2) is 36.7 Å². The monoisotopic (exact) mass is 371 g/mol. The van der Waals surface area contributed by atoms with Gasteiger partial charge in [0.05, 0.1) is 12.7 Å². The first-order valence-electron chi connectivity index (χ1n) is 8.88. The molecule has 0 bridgehead atoms. The zero-order valence-corrected chi connectivity index (χ0v) is 15.1. The van der Waals surface area contributed by atoms with Gasteiger partial charge in [0, 0.05) is 19.1 Å². The van der Waals surface area contributed by atoms with Gasteiger partial charge in [-0.25, -0.2) is 4.79 Å². The van der Waals surface area contributed by atoms with Crippen molar-refractivity contribution in [3.8, 4) is 0 Å². The average molecular weight is 371 g/mol. The number of hydrogen-bond acceptors (Lipinski definition) is 5. The van der Waals surface area contributed by atoms with E-state index in [2.05, 4.69) is 5.32 Å². The minimum Gasteiger partial charge on any atom is -0.445 e. The fraction of sp³-hybridized carbons (Fsp3) is 0.333. The first-order chi connectivity index (χ1) is 13.2. The second kappa shape index (κ2) is 11.8. The van der Waals surface area contributed by atoms with E-state index in [1.165, 1.54) is 0 Å². The Morgan fingerprint density at radius 3 is 2.19 bits per heavy atom. The maximum Gasteiger partial charge on any atom is 0.407 e. The standard InChI is InChI=1S/C21H25NO5/c23-14-19(11-12-26-15-17-7-3-1-4-8-17)20(24)13-22-21(25)27-16-18-9-5-2-6-10-18/h1-10,14,19-20,24H,11-13,15-16H2,(H,22,25)/t19-,20+/m1/s1. The lowest BCUT2D eigenvalue weighted by Gasteiger charge is -2.18. The van der Waals surface area contributed by atoms with Crippen molar-refractivity contribution in [3.05, 3.63) is 71.8 Å². The van der Waals surface area contributed by atoms with E-state index in [0.29, 0.717) is 25.9 Å². The van der Waals surface area contributed by atoms with E-state index in [-0.39, 0.29) is 13.2 Å². The summed E-state index contributed by atoms with van der Waals surface area (Å²) in [4.78, 5) is 22.9. The van der Waals surface area contributed by atoms with Crippen molar-refractivity contribution in [1.29, 1.82) is 0 Å². The molecule has 0 aliphatic carbocycles. The highest BCUT2D eigenvalue weighted by Crippen LogP contribution is 2.08. The number of aliphatic hydroxyl groups excluding tert-OH is 1. The average Bonchev–Trinajstić information content (AvgIpc) is 2.72. The molecule has 0 aromatic heterocycles. The Hall–Kier alpha value is -2.70. The quantitative estimate of drug-likeness (QED) is 0.469. The second-order valence-electron chi connectivity index (χ2n) is 6.14. The molecule has 0 saturated carbocycles. The van der Waals surface area contributed by atoms with Gasteiger partial charge in [-0.05, 0) is 17.5 Å². The normalized spacial score (nSPS) is 12.8. The van der Waals surface area contributed by atoms with Crippen molar-refractivity contribution >= 4 is 12.4 Å². The molecule has 0 radical (unpaired) electrons. The van der Waals surface area contributed by atoms with Crippen molar-refractivity contribution in [2.75, 3.05) is 13.2 Å². The summed E-state index contributed by atoms with van der Waals surface area (Å²) in [5.74, 6) is -0.616. The van der Waals surface area contributed by atoms with Gasteiger partial charge in [0.15, 0.2) is 0 Å². The lowest BCUT2D eigenvalue weighted by Crippen LogP contribution is -2.37. The van der Waals surface area contributed by atoms with Crippen LogP contribution in [0.15, 0.2) is 60.7 Å². The summed E-state index contributed by atoms with van der Waals surface area (Å²) >= 11 is 0. The van der Waals surface area contributed by atoms with Crippen LogP contribution in [0.1, 0.15) is 17.5 Å². The van der Waals surface area contributed by atoms with E-state index < -0.39 is 18.1 Å². The van der Waals surface area contributed by atoms with Gasteiger partial charge in [0.25, 0.3) is 0 Å². The largest absolute Gasteiger partial charge is 0.445 e. The number of carbonyl (C=O) groups is 2. The molecule has 2 N–H and O–H groups in total. The number of benzene rings is 2. The van der Waals surface area contributed by atoms with Crippen LogP contribution in [0.4, 0.5) is 4.79 Å². The fourth-order valence-corrected chi connectivity index (χ4v) is 2.45. The maximum atomic E-state index is 11.7. The molecule has 0 fully saturated rings. The summed E-state index contributed by atoms with van der Waals surface area (Å²) in [6, 6.07) is 19.0. The number of nitrogens with one attached hydrogen (secondary N) is 1. The Kier molecular flexibility index (Phi) is 9.03. The summed E-state index contributed by atoms with van der Waals surface area (Å²) < 4.78 is 10.6. The van der Waals surface area contributed by atoms with E-state index in [4.69, 9.17) is 9.47 Å². The number of ether oxygens (including phenoxy) is 2. The van der Waals surface area contributed by atoms with Gasteiger partial charge >= 0.3 is 6.09 Å². The number of aliphatic hydroxyl groups is 1. The molecule has 2 aromatic rings. The predicted octanol–water partition coefficient (Wildman–Crippen LogP) is 2.70. The van der Waals surface area contributed by atoms with Gasteiger partial charge in [0.1, 0.15) is 12.9 Å².